The number of ether oxygens (including phenoxy) is 1. The molecule has 0 radical (unpaired) electrons. The van der Waals surface area contributed by atoms with Crippen molar-refractivity contribution in [2.45, 2.75) is 25.8 Å². The van der Waals surface area contributed by atoms with E-state index < -0.39 is 0 Å². The molecule has 0 spiro atoms. The zero-order valence-corrected chi connectivity index (χ0v) is 14.4. The summed E-state index contributed by atoms with van der Waals surface area (Å²) in [4.78, 5) is 12.2. The molecule has 26 heavy (non-hydrogen) atoms. The van der Waals surface area contributed by atoms with Crippen molar-refractivity contribution in [1.29, 1.82) is 0 Å². The number of anilines is 1. The molecule has 4 rings (SSSR count). The highest BCUT2D eigenvalue weighted by molar-refractivity contribution is 5.92. The second kappa shape index (κ2) is 6.95. The van der Waals surface area contributed by atoms with Crippen LogP contribution in [-0.4, -0.2) is 32.7 Å². The lowest BCUT2D eigenvalue weighted by atomic mass is 10.2. The molecule has 0 bridgehead atoms. The maximum atomic E-state index is 12.2. The van der Waals surface area contributed by atoms with Gasteiger partial charge in [-0.05, 0) is 60.0 Å². The molecular weight excluding hydrogens is 330 g/mol. The Morgan fingerprint density at radius 3 is 2.88 bits per heavy atom. The Balaban J connectivity index is 1.42. The number of tetrazole rings is 1. The molecule has 0 aliphatic heterocycles. The number of aryl methyl sites for hydroxylation is 1. The number of rotatable bonds is 6. The third-order valence-corrected chi connectivity index (χ3v) is 4.15. The Kier molecular flexibility index (Phi) is 4.35. The Bertz CT molecular complexity index is 933. The van der Waals surface area contributed by atoms with Gasteiger partial charge < -0.3 is 10.1 Å². The van der Waals surface area contributed by atoms with E-state index in [1.165, 1.54) is 0 Å². The van der Waals surface area contributed by atoms with Crippen LogP contribution >= 0.6 is 0 Å². The summed E-state index contributed by atoms with van der Waals surface area (Å²) in [6.45, 7) is 1.93. The minimum atomic E-state index is -0.217. The standard InChI is InChI=1S/C19H19N5O2/c1-13-4-2-7-17(10-13)26-12-18(25)20-15-6-3-5-14(11-15)19-21-22-23-24(19)16-8-9-16/h2-7,10-11,16H,8-9,12H2,1H3,(H,20,25). The first-order chi connectivity index (χ1) is 12.7. The lowest BCUT2D eigenvalue weighted by molar-refractivity contribution is -0.118. The molecule has 1 heterocycles. The maximum absolute atomic E-state index is 12.2. The SMILES string of the molecule is Cc1cccc(OCC(=O)Nc2cccc(-c3nnnn3C3CC3)c2)c1. The van der Waals surface area contributed by atoms with Crippen molar-refractivity contribution in [2.75, 3.05) is 11.9 Å². The van der Waals surface area contributed by atoms with E-state index in [4.69, 9.17) is 4.74 Å². The highest BCUT2D eigenvalue weighted by atomic mass is 16.5. The Morgan fingerprint density at radius 2 is 2.08 bits per heavy atom. The summed E-state index contributed by atoms with van der Waals surface area (Å²) in [6, 6.07) is 15.5. The molecule has 1 saturated carbocycles. The summed E-state index contributed by atoms with van der Waals surface area (Å²) in [5, 5.41) is 14.8. The van der Waals surface area contributed by atoms with Crippen molar-refractivity contribution < 1.29 is 9.53 Å². The molecule has 1 aromatic heterocycles. The largest absolute Gasteiger partial charge is 0.484 e. The van der Waals surface area contributed by atoms with Gasteiger partial charge >= 0.3 is 0 Å². The predicted octanol–water partition coefficient (Wildman–Crippen LogP) is 3.00. The zero-order chi connectivity index (χ0) is 17.9. The van der Waals surface area contributed by atoms with Gasteiger partial charge in [-0.25, -0.2) is 4.68 Å². The Morgan fingerprint density at radius 1 is 1.23 bits per heavy atom. The van der Waals surface area contributed by atoms with Gasteiger partial charge in [-0.1, -0.05) is 24.3 Å². The van der Waals surface area contributed by atoms with Crippen molar-refractivity contribution in [3.05, 3.63) is 54.1 Å². The quantitative estimate of drug-likeness (QED) is 0.740. The van der Waals surface area contributed by atoms with Crippen LogP contribution in [0.2, 0.25) is 0 Å². The van der Waals surface area contributed by atoms with Crippen LogP contribution in [0.3, 0.4) is 0 Å². The monoisotopic (exact) mass is 349 g/mol. The van der Waals surface area contributed by atoms with Gasteiger partial charge in [-0.3, -0.25) is 4.79 Å². The van der Waals surface area contributed by atoms with Crippen molar-refractivity contribution in [1.82, 2.24) is 20.2 Å². The summed E-state index contributed by atoms with van der Waals surface area (Å²) < 4.78 is 7.38. The zero-order valence-electron chi connectivity index (χ0n) is 14.4. The van der Waals surface area contributed by atoms with Crippen LogP contribution < -0.4 is 10.1 Å². The fourth-order valence-electron chi connectivity index (χ4n) is 2.74. The number of hydrogen-bond donors (Lipinski definition) is 1. The number of nitrogens with zero attached hydrogens (tertiary/aromatic N) is 4. The topological polar surface area (TPSA) is 81.9 Å². The minimum absolute atomic E-state index is 0.0481. The summed E-state index contributed by atoms with van der Waals surface area (Å²) >= 11 is 0. The Labute approximate surface area is 151 Å². The van der Waals surface area contributed by atoms with Gasteiger partial charge in [0.15, 0.2) is 12.4 Å². The summed E-state index contributed by atoms with van der Waals surface area (Å²) in [6.07, 6.45) is 2.20. The second-order valence-corrected chi connectivity index (χ2v) is 6.41. The summed E-state index contributed by atoms with van der Waals surface area (Å²) in [7, 11) is 0. The van der Waals surface area contributed by atoms with Crippen LogP contribution in [0.4, 0.5) is 5.69 Å². The first kappa shape index (κ1) is 16.3. The number of benzene rings is 2. The van der Waals surface area contributed by atoms with Crippen LogP contribution in [0.1, 0.15) is 24.4 Å². The molecule has 2 aromatic carbocycles. The highest BCUT2D eigenvalue weighted by Gasteiger charge is 2.28. The third kappa shape index (κ3) is 3.72. The molecule has 3 aromatic rings. The van der Waals surface area contributed by atoms with Crippen LogP contribution in [0.15, 0.2) is 48.5 Å². The van der Waals surface area contributed by atoms with Gasteiger partial charge in [0.2, 0.25) is 0 Å². The molecular formula is C19H19N5O2. The minimum Gasteiger partial charge on any atom is -0.484 e. The number of hydrogen-bond acceptors (Lipinski definition) is 5. The van der Waals surface area contributed by atoms with Gasteiger partial charge in [0.1, 0.15) is 5.75 Å². The molecule has 7 nitrogen and oxygen atoms in total. The smallest absolute Gasteiger partial charge is 0.262 e. The average Bonchev–Trinajstić information content (AvgIpc) is 3.37. The van der Waals surface area contributed by atoms with E-state index in [1.54, 1.807) is 0 Å². The fourth-order valence-corrected chi connectivity index (χ4v) is 2.74. The van der Waals surface area contributed by atoms with E-state index in [9.17, 15) is 4.79 Å². The Hall–Kier alpha value is -3.22. The summed E-state index contributed by atoms with van der Waals surface area (Å²) in [5.41, 5.74) is 2.65. The molecule has 0 unspecified atom stereocenters. The van der Waals surface area contributed by atoms with Gasteiger partial charge in [0.05, 0.1) is 6.04 Å². The predicted molar refractivity (Wildman–Crippen MR) is 96.8 cm³/mol. The van der Waals surface area contributed by atoms with Crippen LogP contribution in [-0.2, 0) is 4.79 Å². The number of aromatic nitrogens is 4. The normalized spacial score (nSPS) is 13.4. The highest BCUT2D eigenvalue weighted by Crippen LogP contribution is 2.36. The first-order valence-electron chi connectivity index (χ1n) is 8.57. The number of carbonyl (C=O) groups is 1. The van der Waals surface area contributed by atoms with Crippen molar-refractivity contribution in [3.8, 4) is 17.1 Å². The van der Waals surface area contributed by atoms with Crippen molar-refractivity contribution >= 4 is 11.6 Å². The van der Waals surface area contributed by atoms with Crippen molar-refractivity contribution in [2.24, 2.45) is 0 Å². The fraction of sp³-hybridized carbons (Fsp3) is 0.263. The first-order valence-corrected chi connectivity index (χ1v) is 8.57. The number of amides is 1. The average molecular weight is 349 g/mol. The van der Waals surface area contributed by atoms with E-state index in [0.717, 1.165) is 29.8 Å². The molecule has 7 heteroatoms. The van der Waals surface area contributed by atoms with Gasteiger partial charge in [0, 0.05) is 11.3 Å². The lowest BCUT2D eigenvalue weighted by Crippen LogP contribution is -2.20. The molecule has 1 aliphatic rings. The van der Waals surface area contributed by atoms with E-state index in [-0.39, 0.29) is 12.5 Å². The summed E-state index contributed by atoms with van der Waals surface area (Å²) in [5.74, 6) is 1.18. The molecule has 1 aliphatic carbocycles. The molecule has 1 amide bonds. The van der Waals surface area contributed by atoms with Crippen LogP contribution in [0, 0.1) is 6.92 Å². The number of carbonyl (C=O) groups excluding carboxylic acids is 1. The molecule has 0 saturated heterocycles. The van der Waals surface area contributed by atoms with E-state index in [2.05, 4.69) is 20.8 Å². The van der Waals surface area contributed by atoms with Crippen molar-refractivity contribution in [3.63, 3.8) is 0 Å². The van der Waals surface area contributed by atoms with Gasteiger partial charge in [0.25, 0.3) is 5.91 Å². The maximum Gasteiger partial charge on any atom is 0.262 e. The van der Waals surface area contributed by atoms with Gasteiger partial charge in [-0.2, -0.15) is 0 Å². The van der Waals surface area contributed by atoms with Gasteiger partial charge in [-0.15, -0.1) is 5.10 Å². The van der Waals surface area contributed by atoms with E-state index >= 15 is 0 Å². The molecule has 0 atom stereocenters. The van der Waals surface area contributed by atoms with Crippen LogP contribution in [0.5, 0.6) is 5.75 Å². The van der Waals surface area contributed by atoms with E-state index in [1.807, 2.05) is 60.1 Å². The molecule has 132 valence electrons. The molecule has 1 N–H and O–H groups in total. The van der Waals surface area contributed by atoms with E-state index in [0.29, 0.717) is 17.5 Å². The third-order valence-electron chi connectivity index (χ3n) is 4.15. The number of nitrogens with one attached hydrogen (secondary N) is 1. The lowest BCUT2D eigenvalue weighted by Gasteiger charge is -2.09. The van der Waals surface area contributed by atoms with Crippen LogP contribution in [0.25, 0.3) is 11.4 Å². The second-order valence-electron chi connectivity index (χ2n) is 6.41. The molecule has 1 fully saturated rings.